The molecule has 0 N–H and O–H groups in total. The number of hydrogen-bond acceptors (Lipinski definition) is 1. The van der Waals surface area contributed by atoms with Crippen LogP contribution in [0, 0.1) is 0 Å². The van der Waals surface area contributed by atoms with Crippen LogP contribution in [0.15, 0.2) is 121 Å². The first kappa shape index (κ1) is 23.7. The van der Waals surface area contributed by atoms with Gasteiger partial charge in [0.25, 0.3) is 0 Å². The Bertz CT molecular complexity index is 1780. The van der Waals surface area contributed by atoms with Crippen LogP contribution in [0.1, 0.15) is 50.3 Å². The first-order valence-electron chi connectivity index (χ1n) is 14.0. The molecule has 1 aliphatic carbocycles. The summed E-state index contributed by atoms with van der Waals surface area (Å²) >= 11 is 0. The van der Waals surface area contributed by atoms with Crippen molar-refractivity contribution in [1.29, 1.82) is 0 Å². The van der Waals surface area contributed by atoms with E-state index in [1.54, 1.807) is 0 Å². The van der Waals surface area contributed by atoms with Gasteiger partial charge in [0.1, 0.15) is 0 Å². The maximum absolute atomic E-state index is 2.46. The highest BCUT2D eigenvalue weighted by molar-refractivity contribution is 6.05. The van der Waals surface area contributed by atoms with E-state index in [1.165, 1.54) is 66.4 Å². The van der Waals surface area contributed by atoms with Crippen LogP contribution in [0.5, 0.6) is 0 Å². The highest BCUT2D eigenvalue weighted by Gasteiger charge is 2.36. The number of anilines is 3. The van der Waals surface area contributed by atoms with Crippen LogP contribution >= 0.6 is 0 Å². The molecule has 0 radical (unpaired) electrons. The SMILES string of the molecule is CC(C)c1ccc2c(c1)C(C)(C)c1cc(N(c3cccc4ccccc34)c3cccc4ccccc34)ccc1-2. The molecule has 0 fully saturated rings. The zero-order valence-corrected chi connectivity index (χ0v) is 23.1. The van der Waals surface area contributed by atoms with Gasteiger partial charge in [0.05, 0.1) is 11.4 Å². The van der Waals surface area contributed by atoms with E-state index in [-0.39, 0.29) is 5.41 Å². The fraction of sp³-hybridized carbons (Fsp3) is 0.158. The molecule has 39 heavy (non-hydrogen) atoms. The van der Waals surface area contributed by atoms with Crippen LogP contribution in [0.4, 0.5) is 17.1 Å². The lowest BCUT2D eigenvalue weighted by atomic mass is 9.81. The van der Waals surface area contributed by atoms with E-state index < -0.39 is 0 Å². The van der Waals surface area contributed by atoms with Crippen molar-refractivity contribution in [2.24, 2.45) is 0 Å². The molecular formula is C38H33N. The van der Waals surface area contributed by atoms with Gasteiger partial charge < -0.3 is 4.90 Å². The van der Waals surface area contributed by atoms with Gasteiger partial charge in [-0.1, -0.05) is 125 Å². The minimum atomic E-state index is -0.0746. The number of rotatable bonds is 4. The second kappa shape index (κ2) is 8.85. The van der Waals surface area contributed by atoms with Crippen molar-refractivity contribution in [3.05, 3.63) is 138 Å². The van der Waals surface area contributed by atoms with Gasteiger partial charge in [-0.3, -0.25) is 0 Å². The molecule has 1 nitrogen and oxygen atoms in total. The Morgan fingerprint density at radius 2 is 1.05 bits per heavy atom. The molecule has 0 saturated carbocycles. The summed E-state index contributed by atoms with van der Waals surface area (Å²) in [5.74, 6) is 0.513. The molecule has 6 aromatic carbocycles. The summed E-state index contributed by atoms with van der Waals surface area (Å²) in [6, 6.07) is 44.9. The number of fused-ring (bicyclic) bond motifs is 5. The molecular weight excluding hydrogens is 470 g/mol. The summed E-state index contributed by atoms with van der Waals surface area (Å²) < 4.78 is 0. The van der Waals surface area contributed by atoms with Crippen molar-refractivity contribution < 1.29 is 0 Å². The number of hydrogen-bond donors (Lipinski definition) is 0. The Morgan fingerprint density at radius 3 is 1.64 bits per heavy atom. The smallest absolute Gasteiger partial charge is 0.0540 e. The van der Waals surface area contributed by atoms with E-state index in [9.17, 15) is 0 Å². The van der Waals surface area contributed by atoms with Gasteiger partial charge in [-0.15, -0.1) is 0 Å². The molecule has 0 spiro atoms. The average molecular weight is 504 g/mol. The summed E-state index contributed by atoms with van der Waals surface area (Å²) in [7, 11) is 0. The molecule has 1 heteroatoms. The van der Waals surface area contributed by atoms with Gasteiger partial charge in [0.15, 0.2) is 0 Å². The van der Waals surface area contributed by atoms with Gasteiger partial charge in [-0.25, -0.2) is 0 Å². The standard InChI is InChI=1S/C38H33N/c1-25(2)28-19-21-32-33-22-20-29(24-35(33)38(3,4)34(32)23-28)39(36-17-9-13-26-11-5-7-15-30(26)36)37-18-10-14-27-12-6-8-16-31(27)37/h5-25H,1-4H3. The van der Waals surface area contributed by atoms with Crippen LogP contribution in [0.25, 0.3) is 32.7 Å². The fourth-order valence-corrected chi connectivity index (χ4v) is 6.46. The third kappa shape index (κ3) is 3.68. The minimum Gasteiger partial charge on any atom is -0.309 e. The predicted molar refractivity (Wildman–Crippen MR) is 168 cm³/mol. The zero-order chi connectivity index (χ0) is 26.7. The summed E-state index contributed by atoms with van der Waals surface area (Å²) in [6.07, 6.45) is 0. The van der Waals surface area contributed by atoms with Crippen molar-refractivity contribution in [3.8, 4) is 11.1 Å². The lowest BCUT2D eigenvalue weighted by molar-refractivity contribution is 0.658. The van der Waals surface area contributed by atoms with Gasteiger partial charge in [-0.2, -0.15) is 0 Å². The van der Waals surface area contributed by atoms with Crippen molar-refractivity contribution in [3.63, 3.8) is 0 Å². The van der Waals surface area contributed by atoms with E-state index in [0.717, 1.165) is 0 Å². The molecule has 0 heterocycles. The second-order valence-corrected chi connectivity index (χ2v) is 11.6. The largest absolute Gasteiger partial charge is 0.309 e. The molecule has 0 saturated heterocycles. The first-order chi connectivity index (χ1) is 18.9. The van der Waals surface area contributed by atoms with Crippen molar-refractivity contribution in [2.75, 3.05) is 4.90 Å². The van der Waals surface area contributed by atoms with Crippen LogP contribution in [0.2, 0.25) is 0 Å². The Kier molecular flexibility index (Phi) is 5.39. The average Bonchev–Trinajstić information content (AvgIpc) is 3.19. The highest BCUT2D eigenvalue weighted by Crippen LogP contribution is 2.52. The van der Waals surface area contributed by atoms with Crippen molar-refractivity contribution in [1.82, 2.24) is 0 Å². The molecule has 0 aromatic heterocycles. The molecule has 0 atom stereocenters. The number of nitrogens with zero attached hydrogens (tertiary/aromatic N) is 1. The summed E-state index contributed by atoms with van der Waals surface area (Å²) in [4.78, 5) is 2.46. The highest BCUT2D eigenvalue weighted by atomic mass is 15.1. The molecule has 0 unspecified atom stereocenters. The molecule has 7 rings (SSSR count). The molecule has 0 bridgehead atoms. The van der Waals surface area contributed by atoms with Crippen molar-refractivity contribution in [2.45, 2.75) is 39.0 Å². The Hall–Kier alpha value is -4.36. The van der Waals surface area contributed by atoms with E-state index in [0.29, 0.717) is 5.92 Å². The predicted octanol–water partition coefficient (Wildman–Crippen LogP) is 10.9. The molecule has 190 valence electrons. The lowest BCUT2D eigenvalue weighted by Gasteiger charge is -2.30. The van der Waals surface area contributed by atoms with E-state index in [1.807, 2.05) is 0 Å². The maximum Gasteiger partial charge on any atom is 0.0540 e. The molecule has 0 aliphatic heterocycles. The van der Waals surface area contributed by atoms with Gasteiger partial charge >= 0.3 is 0 Å². The van der Waals surface area contributed by atoms with E-state index in [4.69, 9.17) is 0 Å². The van der Waals surface area contributed by atoms with Gasteiger partial charge in [0.2, 0.25) is 0 Å². The quantitative estimate of drug-likeness (QED) is 0.231. The second-order valence-electron chi connectivity index (χ2n) is 11.6. The monoisotopic (exact) mass is 503 g/mol. The first-order valence-corrected chi connectivity index (χ1v) is 14.0. The number of benzene rings is 6. The lowest BCUT2D eigenvalue weighted by Crippen LogP contribution is -2.17. The van der Waals surface area contributed by atoms with Crippen LogP contribution in [-0.4, -0.2) is 0 Å². The van der Waals surface area contributed by atoms with Gasteiger partial charge in [0, 0.05) is 21.9 Å². The topological polar surface area (TPSA) is 3.24 Å². The van der Waals surface area contributed by atoms with E-state index in [2.05, 4.69) is 154 Å². The third-order valence-electron chi connectivity index (χ3n) is 8.62. The third-order valence-corrected chi connectivity index (χ3v) is 8.62. The summed E-state index contributed by atoms with van der Waals surface area (Å²) in [6.45, 7) is 9.32. The molecule has 0 amide bonds. The Labute approximate surface area is 231 Å². The van der Waals surface area contributed by atoms with E-state index >= 15 is 0 Å². The van der Waals surface area contributed by atoms with Crippen LogP contribution in [0.3, 0.4) is 0 Å². The van der Waals surface area contributed by atoms with Gasteiger partial charge in [-0.05, 0) is 68.8 Å². The fourth-order valence-electron chi connectivity index (χ4n) is 6.46. The zero-order valence-electron chi connectivity index (χ0n) is 23.1. The van der Waals surface area contributed by atoms with Crippen molar-refractivity contribution >= 4 is 38.6 Å². The van der Waals surface area contributed by atoms with Crippen LogP contribution < -0.4 is 4.90 Å². The Morgan fingerprint density at radius 1 is 0.538 bits per heavy atom. The molecule has 1 aliphatic rings. The minimum absolute atomic E-state index is 0.0746. The molecule has 6 aromatic rings. The van der Waals surface area contributed by atoms with Crippen LogP contribution in [-0.2, 0) is 5.41 Å². The normalized spacial score (nSPS) is 13.6. The summed E-state index contributed by atoms with van der Waals surface area (Å²) in [5, 5.41) is 4.99. The summed E-state index contributed by atoms with van der Waals surface area (Å²) in [5.41, 5.74) is 10.4. The maximum atomic E-state index is 2.46. The Balaban J connectivity index is 1.49.